The molecular formula is C5H12NdO3Zn. The van der Waals surface area contributed by atoms with Crippen LogP contribution < -0.4 is 0 Å². The Morgan fingerprint density at radius 1 is 1.60 bits per heavy atom. The first kappa shape index (κ1) is 14.4. The fourth-order valence-electron chi connectivity index (χ4n) is 0.416. The van der Waals surface area contributed by atoms with E-state index in [0.29, 0.717) is 6.61 Å². The molecule has 1 unspecified atom stereocenters. The van der Waals surface area contributed by atoms with Crippen LogP contribution in [0.2, 0.25) is 5.02 Å². The zero-order chi connectivity index (χ0) is 7.11. The zero-order valence-corrected chi connectivity index (χ0v) is 12.4. The van der Waals surface area contributed by atoms with E-state index in [2.05, 4.69) is 6.92 Å². The van der Waals surface area contributed by atoms with Crippen LogP contribution in [-0.2, 0) is 21.1 Å². The fraction of sp³-hybridized carbons (Fsp3) is 1.00. The summed E-state index contributed by atoms with van der Waals surface area (Å²) in [5.74, 6) is 0. The largest absolute Gasteiger partial charge is 0 e. The molecule has 1 atom stereocenters. The van der Waals surface area contributed by atoms with Crippen LogP contribution in [0.25, 0.3) is 0 Å². The topological polar surface area (TPSA) is 49.7 Å². The molecule has 10 heavy (non-hydrogen) atoms. The van der Waals surface area contributed by atoms with Crippen molar-refractivity contribution < 1.29 is 72.1 Å². The van der Waals surface area contributed by atoms with Gasteiger partial charge in [0, 0.05) is 40.8 Å². The third-order valence-electron chi connectivity index (χ3n) is 0.869. The number of aliphatic hydroxyl groups excluding tert-OH is 2. The van der Waals surface area contributed by atoms with Crippen molar-refractivity contribution in [2.45, 2.75) is 18.0 Å². The molecule has 3 nitrogen and oxygen atoms in total. The van der Waals surface area contributed by atoms with Crippen LogP contribution in [0.3, 0.4) is 0 Å². The van der Waals surface area contributed by atoms with Crippen LogP contribution in [0.15, 0.2) is 0 Å². The van der Waals surface area contributed by atoms with Crippen molar-refractivity contribution in [1.82, 2.24) is 0 Å². The summed E-state index contributed by atoms with van der Waals surface area (Å²) in [4.78, 5) is 0. The van der Waals surface area contributed by atoms with E-state index in [9.17, 15) is 0 Å². The van der Waals surface area contributed by atoms with Gasteiger partial charge < -0.3 is 0 Å². The van der Waals surface area contributed by atoms with Crippen LogP contribution in [-0.4, -0.2) is 29.5 Å². The second kappa shape index (κ2) is 10.9. The van der Waals surface area contributed by atoms with Gasteiger partial charge in [0.1, 0.15) is 0 Å². The third kappa shape index (κ3) is 9.85. The minimum atomic E-state index is -0.770. The van der Waals surface area contributed by atoms with Gasteiger partial charge in [-0.1, -0.05) is 0 Å². The molecule has 5 heteroatoms. The van der Waals surface area contributed by atoms with E-state index in [4.69, 9.17) is 13.8 Å². The van der Waals surface area contributed by atoms with Crippen molar-refractivity contribution in [2.24, 2.45) is 0 Å². The van der Waals surface area contributed by atoms with E-state index in [1.807, 2.05) is 0 Å². The molecule has 0 spiro atoms. The average Bonchev–Trinajstić information content (AvgIpc) is 1.89. The molecule has 0 saturated carbocycles. The normalized spacial score (nSPS) is 11.5. The third-order valence-corrected chi connectivity index (χ3v) is 2.83. The van der Waals surface area contributed by atoms with Gasteiger partial charge in [-0.25, -0.2) is 0 Å². The van der Waals surface area contributed by atoms with Crippen LogP contribution in [0.4, 0.5) is 0 Å². The molecule has 0 heterocycles. The van der Waals surface area contributed by atoms with Gasteiger partial charge in [-0.2, -0.15) is 0 Å². The fourth-order valence-corrected chi connectivity index (χ4v) is 1.94. The van der Waals surface area contributed by atoms with Crippen LogP contribution in [0.1, 0.15) is 6.92 Å². The molecule has 0 aromatic carbocycles. The van der Waals surface area contributed by atoms with Crippen molar-refractivity contribution in [3.05, 3.63) is 0 Å². The van der Waals surface area contributed by atoms with Crippen LogP contribution in [0, 0.1) is 40.8 Å². The Hall–Kier alpha value is 1.85. The van der Waals surface area contributed by atoms with E-state index in [0.717, 1.165) is 5.02 Å². The van der Waals surface area contributed by atoms with E-state index in [1.165, 1.54) is 0 Å². The Balaban J connectivity index is 0. The van der Waals surface area contributed by atoms with Crippen molar-refractivity contribution in [3.63, 3.8) is 0 Å². The minimum absolute atomic E-state index is 0. The molecule has 0 radical (unpaired) electrons. The van der Waals surface area contributed by atoms with Crippen molar-refractivity contribution >= 4 is 0 Å². The van der Waals surface area contributed by atoms with Gasteiger partial charge in [0.25, 0.3) is 0 Å². The molecule has 0 bridgehead atoms. The smallest absolute Gasteiger partial charge is 0 e. The molecule has 0 aromatic rings. The molecular weight excluding hydrogens is 318 g/mol. The summed E-state index contributed by atoms with van der Waals surface area (Å²) in [5.41, 5.74) is 0. The molecule has 2 N–H and O–H groups in total. The van der Waals surface area contributed by atoms with Crippen molar-refractivity contribution in [1.29, 1.82) is 0 Å². The Bertz CT molecular complexity index is 64.9. The molecule has 0 aliphatic rings. The van der Waals surface area contributed by atoms with Gasteiger partial charge in [-0.05, 0) is 0 Å². The summed E-state index contributed by atoms with van der Waals surface area (Å²) in [6.45, 7) is 2.21. The van der Waals surface area contributed by atoms with E-state index < -0.39 is 23.6 Å². The molecule has 0 amide bonds. The second-order valence-electron chi connectivity index (χ2n) is 1.91. The van der Waals surface area contributed by atoms with Crippen LogP contribution >= 0.6 is 0 Å². The van der Waals surface area contributed by atoms with E-state index in [-0.39, 0.29) is 47.4 Å². The Morgan fingerprint density at radius 2 is 2.20 bits per heavy atom. The van der Waals surface area contributed by atoms with Gasteiger partial charge >= 0.3 is 62.5 Å². The Morgan fingerprint density at radius 3 is 2.60 bits per heavy atom. The summed E-state index contributed by atoms with van der Waals surface area (Å²) in [7, 11) is 0. The molecule has 0 saturated heterocycles. The standard InChI is InChI=1S/C3H7O3.C2H5.Nd.Zn/c4-1-3(6)2-5;1-2;;/h3-4,6H,1-2H2;1H2,2H3;;/q-1;;;+1. The van der Waals surface area contributed by atoms with Gasteiger partial charge in [0.05, 0.1) is 0 Å². The molecule has 0 aromatic heterocycles. The second-order valence-corrected chi connectivity index (χ2v) is 5.72. The maximum absolute atomic E-state index is 8.74. The molecule has 56 valence electrons. The maximum Gasteiger partial charge on any atom is 0 e. The molecule has 0 aliphatic heterocycles. The predicted octanol–water partition coefficient (Wildman–Crippen LogP) is -0.208. The maximum atomic E-state index is 8.74. The molecule has 0 aliphatic carbocycles. The first-order chi connectivity index (χ1) is 4.31. The zero-order valence-electron chi connectivity index (χ0n) is 6.21. The Labute approximate surface area is 102 Å². The van der Waals surface area contributed by atoms with Crippen molar-refractivity contribution in [2.75, 3.05) is 13.2 Å². The number of hydrogen-bond donors (Lipinski definition) is 2. The van der Waals surface area contributed by atoms with E-state index in [1.54, 1.807) is 0 Å². The summed E-state index contributed by atoms with van der Waals surface area (Å²) < 4.78 is 5.11. The molecule has 0 fully saturated rings. The predicted molar refractivity (Wildman–Crippen MR) is 29.5 cm³/mol. The number of hydrogen-bond acceptors (Lipinski definition) is 3. The average molecular weight is 330 g/mol. The summed E-state index contributed by atoms with van der Waals surface area (Å²) in [6, 6.07) is 0. The van der Waals surface area contributed by atoms with Gasteiger partial charge in [-0.15, -0.1) is 0 Å². The number of rotatable bonds is 5. The summed E-state index contributed by atoms with van der Waals surface area (Å²) in [6.07, 6.45) is -0.665. The first-order valence-corrected chi connectivity index (χ1v) is 6.48. The van der Waals surface area contributed by atoms with Crippen LogP contribution in [0.5, 0.6) is 0 Å². The quantitative estimate of drug-likeness (QED) is 0.542. The SMILES string of the molecule is C[CH2][Zn][O]CC(O)CO.[Nd]. The Kier molecular flexibility index (Phi) is 15.6. The van der Waals surface area contributed by atoms with Gasteiger partial charge in [0.2, 0.25) is 0 Å². The van der Waals surface area contributed by atoms with Gasteiger partial charge in [-0.3, -0.25) is 0 Å². The summed E-state index contributed by atoms with van der Waals surface area (Å²) >= 11 is -0.770. The number of aliphatic hydroxyl groups is 2. The van der Waals surface area contributed by atoms with Gasteiger partial charge in [0.15, 0.2) is 0 Å². The molecule has 0 rings (SSSR count). The van der Waals surface area contributed by atoms with E-state index >= 15 is 0 Å². The summed E-state index contributed by atoms with van der Waals surface area (Å²) in [5, 5.41) is 18.2. The minimum Gasteiger partial charge on any atom is 0 e. The van der Waals surface area contributed by atoms with Crippen molar-refractivity contribution in [3.8, 4) is 0 Å². The monoisotopic (exact) mass is 326 g/mol. The first-order valence-electron chi connectivity index (χ1n) is 3.18.